The number of urea groups is 1. The third-order valence-electron chi connectivity index (χ3n) is 5.25. The second-order valence-electron chi connectivity index (χ2n) is 6.94. The van der Waals surface area contributed by atoms with Crippen molar-refractivity contribution in [1.82, 2.24) is 19.6 Å². The van der Waals surface area contributed by atoms with E-state index in [0.717, 1.165) is 46.6 Å². The predicted molar refractivity (Wildman–Crippen MR) is 98.0 cm³/mol. The fraction of sp³-hybridized carbons (Fsp3) is 0.588. The van der Waals surface area contributed by atoms with Gasteiger partial charge in [-0.25, -0.2) is 4.79 Å². The van der Waals surface area contributed by atoms with Gasteiger partial charge < -0.3 is 9.80 Å². The van der Waals surface area contributed by atoms with Crippen LogP contribution in [-0.2, 0) is 16.1 Å². The summed E-state index contributed by atoms with van der Waals surface area (Å²) in [6, 6.07) is 3.04. The van der Waals surface area contributed by atoms with Crippen molar-refractivity contribution in [2.24, 2.45) is 0 Å². The van der Waals surface area contributed by atoms with Gasteiger partial charge in [-0.1, -0.05) is 11.6 Å². The van der Waals surface area contributed by atoms with Gasteiger partial charge in [-0.05, 0) is 25.0 Å². The van der Waals surface area contributed by atoms with Gasteiger partial charge in [0.25, 0.3) is 5.91 Å². The van der Waals surface area contributed by atoms with E-state index < -0.39 is 6.04 Å². The molecule has 1 unspecified atom stereocenters. The molecule has 9 heteroatoms. The first kappa shape index (κ1) is 17.8. The molecule has 3 aliphatic heterocycles. The molecule has 4 amide bonds. The zero-order valence-corrected chi connectivity index (χ0v) is 16.0. The Kier molecular flexibility index (Phi) is 4.90. The second kappa shape index (κ2) is 7.17. The van der Waals surface area contributed by atoms with Crippen LogP contribution in [0.15, 0.2) is 12.1 Å². The number of fused-ring (bicyclic) bond motifs is 1. The Morgan fingerprint density at radius 1 is 1.15 bits per heavy atom. The van der Waals surface area contributed by atoms with Crippen LogP contribution in [0.1, 0.15) is 17.7 Å². The average molecular weight is 397 g/mol. The molecule has 0 bridgehead atoms. The van der Waals surface area contributed by atoms with Crippen LogP contribution < -0.4 is 0 Å². The van der Waals surface area contributed by atoms with Crippen LogP contribution >= 0.6 is 22.9 Å². The molecule has 140 valence electrons. The Balaban J connectivity index is 1.40. The van der Waals surface area contributed by atoms with Crippen molar-refractivity contribution in [2.45, 2.75) is 25.4 Å². The Labute approximate surface area is 161 Å². The Hall–Kier alpha value is -1.64. The molecule has 0 spiro atoms. The van der Waals surface area contributed by atoms with Gasteiger partial charge in [0.1, 0.15) is 12.6 Å². The average Bonchev–Trinajstić information content (AvgIpc) is 3.34. The molecule has 1 atom stereocenters. The normalized spacial score (nSPS) is 23.9. The minimum absolute atomic E-state index is 0.130. The Bertz CT molecular complexity index is 733. The van der Waals surface area contributed by atoms with E-state index >= 15 is 0 Å². The van der Waals surface area contributed by atoms with Crippen LogP contribution in [0, 0.1) is 0 Å². The molecule has 0 aliphatic carbocycles. The molecule has 4 heterocycles. The van der Waals surface area contributed by atoms with Gasteiger partial charge >= 0.3 is 6.03 Å². The number of carbonyl (C=O) groups excluding carboxylic acids is 3. The summed E-state index contributed by atoms with van der Waals surface area (Å²) in [4.78, 5) is 45.5. The molecule has 1 aromatic rings. The highest BCUT2D eigenvalue weighted by Crippen LogP contribution is 2.26. The van der Waals surface area contributed by atoms with Gasteiger partial charge in [-0.2, -0.15) is 0 Å². The van der Waals surface area contributed by atoms with E-state index in [9.17, 15) is 14.4 Å². The summed E-state index contributed by atoms with van der Waals surface area (Å²) in [7, 11) is 0. The number of thiophene rings is 1. The summed E-state index contributed by atoms with van der Waals surface area (Å²) in [6.45, 7) is 3.73. The van der Waals surface area contributed by atoms with Gasteiger partial charge in [0.15, 0.2) is 0 Å². The van der Waals surface area contributed by atoms with Crippen molar-refractivity contribution >= 4 is 40.8 Å². The maximum atomic E-state index is 12.8. The van der Waals surface area contributed by atoms with Gasteiger partial charge in [0, 0.05) is 44.1 Å². The lowest BCUT2D eigenvalue weighted by Gasteiger charge is -2.35. The predicted octanol–water partition coefficient (Wildman–Crippen LogP) is 1.47. The maximum Gasteiger partial charge on any atom is 0.328 e. The number of amides is 4. The van der Waals surface area contributed by atoms with E-state index in [1.54, 1.807) is 9.80 Å². The van der Waals surface area contributed by atoms with Gasteiger partial charge in [0.2, 0.25) is 5.91 Å². The van der Waals surface area contributed by atoms with Gasteiger partial charge in [0.05, 0.1) is 4.34 Å². The highest BCUT2D eigenvalue weighted by molar-refractivity contribution is 7.16. The number of hydrogen-bond donors (Lipinski definition) is 0. The second-order valence-corrected chi connectivity index (χ2v) is 8.74. The molecular weight excluding hydrogens is 376 g/mol. The molecule has 4 rings (SSSR count). The monoisotopic (exact) mass is 396 g/mol. The van der Waals surface area contributed by atoms with Crippen LogP contribution in [0.4, 0.5) is 4.79 Å². The summed E-state index contributed by atoms with van der Waals surface area (Å²) in [5.41, 5.74) is 0. The van der Waals surface area contributed by atoms with Crippen LogP contribution in [-0.4, -0.2) is 82.8 Å². The number of hydrogen-bond acceptors (Lipinski definition) is 5. The van der Waals surface area contributed by atoms with E-state index in [1.807, 2.05) is 12.1 Å². The first-order chi connectivity index (χ1) is 12.5. The number of halogens is 1. The van der Waals surface area contributed by atoms with Crippen molar-refractivity contribution in [3.8, 4) is 0 Å². The fourth-order valence-corrected chi connectivity index (χ4v) is 4.99. The van der Waals surface area contributed by atoms with Crippen molar-refractivity contribution in [3.05, 3.63) is 21.3 Å². The summed E-state index contributed by atoms with van der Waals surface area (Å²) in [6.07, 6.45) is 1.98. The van der Waals surface area contributed by atoms with Gasteiger partial charge in [-0.15, -0.1) is 11.3 Å². The molecule has 3 fully saturated rings. The molecule has 7 nitrogen and oxygen atoms in total. The first-order valence-electron chi connectivity index (χ1n) is 8.89. The Morgan fingerprint density at radius 2 is 1.92 bits per heavy atom. The highest BCUT2D eigenvalue weighted by atomic mass is 35.5. The number of imide groups is 1. The van der Waals surface area contributed by atoms with E-state index in [4.69, 9.17) is 11.6 Å². The number of likely N-dealkylation sites (tertiary alicyclic amines) is 1. The van der Waals surface area contributed by atoms with Crippen molar-refractivity contribution in [2.75, 3.05) is 39.3 Å². The summed E-state index contributed by atoms with van der Waals surface area (Å²) in [5.74, 6) is -0.384. The molecule has 3 saturated heterocycles. The molecule has 1 aromatic heterocycles. The van der Waals surface area contributed by atoms with Crippen LogP contribution in [0.5, 0.6) is 0 Å². The smallest absolute Gasteiger partial charge is 0.328 e. The van der Waals surface area contributed by atoms with E-state index in [2.05, 4.69) is 4.90 Å². The van der Waals surface area contributed by atoms with E-state index in [-0.39, 0.29) is 24.4 Å². The Morgan fingerprint density at radius 3 is 2.62 bits per heavy atom. The van der Waals surface area contributed by atoms with Crippen LogP contribution in [0.2, 0.25) is 4.34 Å². The minimum Gasteiger partial charge on any atom is -0.341 e. The van der Waals surface area contributed by atoms with Crippen molar-refractivity contribution < 1.29 is 14.4 Å². The van der Waals surface area contributed by atoms with E-state index in [0.29, 0.717) is 19.6 Å². The number of nitrogens with zero attached hydrogens (tertiary/aromatic N) is 4. The molecule has 3 aliphatic rings. The minimum atomic E-state index is -0.488. The SMILES string of the molecule is O=C(CN1C(=O)C2CN(Cc3ccc(Cl)s3)CCN2C1=O)N1CCCC1. The zero-order valence-electron chi connectivity index (χ0n) is 14.4. The van der Waals surface area contributed by atoms with E-state index in [1.165, 1.54) is 11.3 Å². The molecule has 0 aromatic carbocycles. The number of carbonyl (C=O) groups is 3. The van der Waals surface area contributed by atoms with Gasteiger partial charge in [-0.3, -0.25) is 19.4 Å². The van der Waals surface area contributed by atoms with Crippen LogP contribution in [0.3, 0.4) is 0 Å². The number of rotatable bonds is 4. The number of piperazine rings is 1. The lowest BCUT2D eigenvalue weighted by Crippen LogP contribution is -2.52. The third kappa shape index (κ3) is 3.33. The summed E-state index contributed by atoms with van der Waals surface area (Å²) in [5, 5.41) is 0. The molecule has 0 saturated carbocycles. The lowest BCUT2D eigenvalue weighted by molar-refractivity contribution is -0.137. The summed E-state index contributed by atoms with van der Waals surface area (Å²) >= 11 is 7.51. The third-order valence-corrected chi connectivity index (χ3v) is 6.47. The first-order valence-corrected chi connectivity index (χ1v) is 10.1. The van der Waals surface area contributed by atoms with Crippen LogP contribution in [0.25, 0.3) is 0 Å². The van der Waals surface area contributed by atoms with Crippen molar-refractivity contribution in [1.29, 1.82) is 0 Å². The molecule has 0 radical (unpaired) electrons. The molecule has 0 N–H and O–H groups in total. The largest absolute Gasteiger partial charge is 0.341 e. The zero-order chi connectivity index (χ0) is 18.3. The standard InChI is InChI=1S/C17H21ClN4O3S/c18-14-4-3-12(26-14)9-19-7-8-21-13(10-19)16(24)22(17(21)25)11-15(23)20-5-1-2-6-20/h3-4,13H,1-2,5-11H2. The highest BCUT2D eigenvalue weighted by Gasteiger charge is 2.48. The lowest BCUT2D eigenvalue weighted by atomic mass is 10.2. The fourth-order valence-electron chi connectivity index (χ4n) is 3.86. The summed E-state index contributed by atoms with van der Waals surface area (Å²) < 4.78 is 0.748. The van der Waals surface area contributed by atoms with Crippen molar-refractivity contribution in [3.63, 3.8) is 0 Å². The quantitative estimate of drug-likeness (QED) is 0.723. The molecular formula is C17H21ClN4O3S. The maximum absolute atomic E-state index is 12.8. The molecule has 26 heavy (non-hydrogen) atoms. The topological polar surface area (TPSA) is 64.2 Å².